The lowest BCUT2D eigenvalue weighted by atomic mass is 10.2. The van der Waals surface area contributed by atoms with Gasteiger partial charge in [0.05, 0.1) is 0 Å². The van der Waals surface area contributed by atoms with E-state index in [0.717, 1.165) is 18.7 Å². The van der Waals surface area contributed by atoms with Gasteiger partial charge in [0.1, 0.15) is 5.70 Å². The molecule has 3 N–H and O–H groups in total. The Morgan fingerprint density at radius 1 is 1.12 bits per heavy atom. The molecule has 6 heteroatoms. The van der Waals surface area contributed by atoms with Crippen LogP contribution in [0.3, 0.4) is 0 Å². The zero-order valence-corrected chi connectivity index (χ0v) is 14.6. The Morgan fingerprint density at radius 3 is 2.52 bits per heavy atom. The van der Waals surface area contributed by atoms with E-state index >= 15 is 0 Å². The third-order valence-electron chi connectivity index (χ3n) is 3.52. The van der Waals surface area contributed by atoms with E-state index in [1.54, 1.807) is 36.5 Å². The van der Waals surface area contributed by atoms with Gasteiger partial charge in [-0.2, -0.15) is 0 Å². The maximum Gasteiger partial charge on any atom is 0.267 e. The highest BCUT2D eigenvalue weighted by molar-refractivity contribution is 6.05. The molecule has 0 radical (unpaired) electrons. The second-order valence-corrected chi connectivity index (χ2v) is 5.92. The van der Waals surface area contributed by atoms with Gasteiger partial charge in [0, 0.05) is 24.0 Å². The van der Waals surface area contributed by atoms with E-state index in [-0.39, 0.29) is 17.5 Å². The number of amides is 2. The van der Waals surface area contributed by atoms with Gasteiger partial charge >= 0.3 is 0 Å². The zero-order chi connectivity index (χ0) is 18.1. The van der Waals surface area contributed by atoms with Crippen LogP contribution in [0, 0.1) is 0 Å². The number of carbonyl (C=O) groups is 2. The molecule has 0 fully saturated rings. The summed E-state index contributed by atoms with van der Waals surface area (Å²) in [7, 11) is 3.97. The molecule has 0 aliphatic rings. The van der Waals surface area contributed by atoms with Crippen molar-refractivity contribution >= 4 is 17.9 Å². The van der Waals surface area contributed by atoms with Crippen LogP contribution in [0.4, 0.5) is 0 Å². The molecule has 0 aliphatic carbocycles. The summed E-state index contributed by atoms with van der Waals surface area (Å²) in [5.41, 5.74) is 1.45. The number of H-pyrrole nitrogens is 1. The molecule has 1 aromatic carbocycles. The minimum Gasteiger partial charge on any atom is -0.362 e. The predicted octanol–water partition coefficient (Wildman–Crippen LogP) is 1.85. The van der Waals surface area contributed by atoms with Crippen molar-refractivity contribution in [3.8, 4) is 0 Å². The quantitative estimate of drug-likeness (QED) is 0.507. The highest BCUT2D eigenvalue weighted by Crippen LogP contribution is 2.05. The molecular formula is C19H24N4O2. The Kier molecular flexibility index (Phi) is 6.98. The lowest BCUT2D eigenvalue weighted by Crippen LogP contribution is -2.36. The number of aromatic amines is 1. The molecule has 132 valence electrons. The molecule has 0 aliphatic heterocycles. The van der Waals surface area contributed by atoms with Crippen LogP contribution >= 0.6 is 0 Å². The number of carbonyl (C=O) groups excluding carboxylic acids is 2. The molecule has 0 spiro atoms. The van der Waals surface area contributed by atoms with Gasteiger partial charge in [-0.3, -0.25) is 9.59 Å². The molecule has 0 bridgehead atoms. The Hall–Kier alpha value is -2.86. The first-order valence-corrected chi connectivity index (χ1v) is 8.20. The molecule has 0 saturated carbocycles. The van der Waals surface area contributed by atoms with Gasteiger partial charge in [0.2, 0.25) is 0 Å². The molecule has 1 heterocycles. The van der Waals surface area contributed by atoms with E-state index in [2.05, 4.69) is 20.5 Å². The minimum atomic E-state index is -0.318. The van der Waals surface area contributed by atoms with Crippen molar-refractivity contribution in [1.82, 2.24) is 20.5 Å². The predicted molar refractivity (Wildman–Crippen MR) is 98.9 cm³/mol. The van der Waals surface area contributed by atoms with Crippen molar-refractivity contribution in [2.24, 2.45) is 0 Å². The van der Waals surface area contributed by atoms with Crippen molar-refractivity contribution in [2.45, 2.75) is 6.42 Å². The molecule has 2 rings (SSSR count). The average molecular weight is 340 g/mol. The third-order valence-corrected chi connectivity index (χ3v) is 3.52. The average Bonchev–Trinajstić information content (AvgIpc) is 3.11. The summed E-state index contributed by atoms with van der Waals surface area (Å²) in [4.78, 5) is 29.9. The number of benzene rings is 1. The standard InChI is InChI=1S/C19H24N4O2/c1-23(2)13-7-12-21-19(25)17(14-16-10-6-11-20-16)22-18(24)15-8-4-3-5-9-15/h3-6,8-11,14,20H,7,12-13H2,1-2H3,(H,21,25)(H,22,24)/b17-14-. The van der Waals surface area contributed by atoms with Gasteiger partial charge in [0.15, 0.2) is 0 Å². The van der Waals surface area contributed by atoms with Crippen LogP contribution in [0.1, 0.15) is 22.5 Å². The second kappa shape index (κ2) is 9.44. The number of hydrogen-bond acceptors (Lipinski definition) is 3. The van der Waals surface area contributed by atoms with Crippen LogP contribution < -0.4 is 10.6 Å². The van der Waals surface area contributed by atoms with Crippen LogP contribution in [0.25, 0.3) is 6.08 Å². The van der Waals surface area contributed by atoms with Gasteiger partial charge < -0.3 is 20.5 Å². The van der Waals surface area contributed by atoms with Crippen LogP contribution in [-0.2, 0) is 4.79 Å². The molecule has 2 amide bonds. The van der Waals surface area contributed by atoms with Crippen molar-refractivity contribution < 1.29 is 9.59 Å². The fraction of sp³-hybridized carbons (Fsp3) is 0.263. The van der Waals surface area contributed by atoms with Gasteiger partial charge in [-0.25, -0.2) is 0 Å². The first-order valence-electron chi connectivity index (χ1n) is 8.20. The van der Waals surface area contributed by atoms with E-state index < -0.39 is 0 Å². The topological polar surface area (TPSA) is 77.2 Å². The van der Waals surface area contributed by atoms with E-state index in [4.69, 9.17) is 0 Å². The van der Waals surface area contributed by atoms with E-state index in [9.17, 15) is 9.59 Å². The highest BCUT2D eigenvalue weighted by Gasteiger charge is 2.14. The van der Waals surface area contributed by atoms with Crippen molar-refractivity contribution in [3.05, 3.63) is 65.6 Å². The summed E-state index contributed by atoms with van der Waals surface area (Å²) in [6, 6.07) is 12.5. The summed E-state index contributed by atoms with van der Waals surface area (Å²) in [5.74, 6) is -0.625. The number of rotatable bonds is 8. The monoisotopic (exact) mass is 340 g/mol. The van der Waals surface area contributed by atoms with Gasteiger partial charge in [-0.15, -0.1) is 0 Å². The maximum atomic E-state index is 12.5. The van der Waals surface area contributed by atoms with Crippen molar-refractivity contribution in [2.75, 3.05) is 27.2 Å². The fourth-order valence-electron chi connectivity index (χ4n) is 2.22. The second-order valence-electron chi connectivity index (χ2n) is 5.92. The van der Waals surface area contributed by atoms with Crippen LogP contribution in [0.2, 0.25) is 0 Å². The molecule has 0 unspecified atom stereocenters. The summed E-state index contributed by atoms with van der Waals surface area (Å²) in [5, 5.41) is 5.55. The summed E-state index contributed by atoms with van der Waals surface area (Å²) in [6.45, 7) is 1.42. The van der Waals surface area contributed by atoms with Crippen LogP contribution in [-0.4, -0.2) is 48.9 Å². The number of aromatic nitrogens is 1. The van der Waals surface area contributed by atoms with Gasteiger partial charge in [-0.1, -0.05) is 18.2 Å². The Bertz CT molecular complexity index is 706. The highest BCUT2D eigenvalue weighted by atomic mass is 16.2. The number of hydrogen-bond donors (Lipinski definition) is 3. The maximum absolute atomic E-state index is 12.5. The van der Waals surface area contributed by atoms with Crippen LogP contribution in [0.15, 0.2) is 54.4 Å². The van der Waals surface area contributed by atoms with Gasteiger partial charge in [-0.05, 0) is 57.4 Å². The van der Waals surface area contributed by atoms with Crippen LogP contribution in [0.5, 0.6) is 0 Å². The number of nitrogens with zero attached hydrogens (tertiary/aromatic N) is 1. The van der Waals surface area contributed by atoms with Crippen molar-refractivity contribution in [1.29, 1.82) is 0 Å². The summed E-state index contributed by atoms with van der Waals surface area (Å²) >= 11 is 0. The molecule has 0 atom stereocenters. The first kappa shape index (κ1) is 18.5. The molecule has 25 heavy (non-hydrogen) atoms. The largest absolute Gasteiger partial charge is 0.362 e. The lowest BCUT2D eigenvalue weighted by Gasteiger charge is -2.12. The molecule has 1 aromatic heterocycles. The Morgan fingerprint density at radius 2 is 1.88 bits per heavy atom. The smallest absolute Gasteiger partial charge is 0.267 e. The van der Waals surface area contributed by atoms with E-state index in [1.807, 2.05) is 32.3 Å². The van der Waals surface area contributed by atoms with Gasteiger partial charge in [0.25, 0.3) is 11.8 Å². The SMILES string of the molecule is CN(C)CCCNC(=O)/C(=C/c1ccc[nH]1)NC(=O)c1ccccc1. The lowest BCUT2D eigenvalue weighted by molar-refractivity contribution is -0.117. The Balaban J connectivity index is 2.05. The zero-order valence-electron chi connectivity index (χ0n) is 14.6. The first-order chi connectivity index (χ1) is 12.1. The molecule has 0 saturated heterocycles. The van der Waals surface area contributed by atoms with Crippen molar-refractivity contribution in [3.63, 3.8) is 0 Å². The van der Waals surface area contributed by atoms with E-state index in [1.165, 1.54) is 0 Å². The van der Waals surface area contributed by atoms with E-state index in [0.29, 0.717) is 12.1 Å². The summed E-state index contributed by atoms with van der Waals surface area (Å²) in [6.07, 6.45) is 4.22. The number of nitrogens with one attached hydrogen (secondary N) is 3. The molecular weight excluding hydrogens is 316 g/mol. The Labute approximate surface area is 147 Å². The third kappa shape index (κ3) is 6.27. The molecule has 6 nitrogen and oxygen atoms in total. The molecule has 2 aromatic rings. The normalized spacial score (nSPS) is 11.4. The summed E-state index contributed by atoms with van der Waals surface area (Å²) < 4.78 is 0. The fourth-order valence-corrected chi connectivity index (χ4v) is 2.22. The minimum absolute atomic E-state index is 0.209.